The van der Waals surface area contributed by atoms with Crippen LogP contribution in [0.1, 0.15) is 13.8 Å². The number of hydrogen-bond acceptors (Lipinski definition) is 3. The Hall–Kier alpha value is 0.314. The lowest BCUT2D eigenvalue weighted by Gasteiger charge is -2.36. The Morgan fingerprint density at radius 2 is 1.00 bits per heavy atom. The normalized spacial score (nSPS) is 16.9. The molecule has 0 saturated heterocycles. The summed E-state index contributed by atoms with van der Waals surface area (Å²) < 4.78 is 17.7. The number of rotatable bonds is 8. The standard InChI is InChI=1S/C12H30O3Si2/c1-9-13-11(16(3,4)5)15-12(14-10-2)17(6,7)8/h11-12H,9-10H2,1-8H3. The first kappa shape index (κ1) is 17.3. The molecule has 0 fully saturated rings. The zero-order valence-electron chi connectivity index (χ0n) is 12.8. The Kier molecular flexibility index (Phi) is 7.17. The predicted octanol–water partition coefficient (Wildman–Crippen LogP) is 3.48. The first-order valence-corrected chi connectivity index (χ1v) is 13.7. The van der Waals surface area contributed by atoms with Crippen LogP contribution in [0.25, 0.3) is 0 Å². The first-order valence-electron chi connectivity index (χ1n) is 6.51. The van der Waals surface area contributed by atoms with E-state index in [9.17, 15) is 0 Å². The highest BCUT2D eigenvalue weighted by Gasteiger charge is 2.36. The van der Waals surface area contributed by atoms with E-state index >= 15 is 0 Å². The summed E-state index contributed by atoms with van der Waals surface area (Å²) in [5, 5.41) is 0. The summed E-state index contributed by atoms with van der Waals surface area (Å²) in [7, 11) is -2.96. The van der Waals surface area contributed by atoms with Gasteiger partial charge >= 0.3 is 0 Å². The van der Waals surface area contributed by atoms with E-state index in [4.69, 9.17) is 14.2 Å². The minimum absolute atomic E-state index is 0.0734. The van der Waals surface area contributed by atoms with Crippen molar-refractivity contribution in [2.45, 2.75) is 65.0 Å². The maximum Gasteiger partial charge on any atom is 0.143 e. The van der Waals surface area contributed by atoms with Crippen molar-refractivity contribution in [3.63, 3.8) is 0 Å². The van der Waals surface area contributed by atoms with Crippen molar-refractivity contribution >= 4 is 16.1 Å². The van der Waals surface area contributed by atoms with Crippen molar-refractivity contribution in [2.75, 3.05) is 13.2 Å². The maximum absolute atomic E-state index is 6.14. The van der Waals surface area contributed by atoms with E-state index < -0.39 is 16.1 Å². The second-order valence-corrected chi connectivity index (χ2v) is 16.8. The molecule has 0 spiro atoms. The third-order valence-corrected chi connectivity index (χ3v) is 5.73. The van der Waals surface area contributed by atoms with Crippen molar-refractivity contribution in [1.29, 1.82) is 0 Å². The molecule has 0 aromatic carbocycles. The van der Waals surface area contributed by atoms with Crippen LogP contribution >= 0.6 is 0 Å². The van der Waals surface area contributed by atoms with Crippen LogP contribution in [0.5, 0.6) is 0 Å². The Balaban J connectivity index is 4.68. The first-order chi connectivity index (χ1) is 7.62. The van der Waals surface area contributed by atoms with Gasteiger partial charge in [0.15, 0.2) is 0 Å². The van der Waals surface area contributed by atoms with Gasteiger partial charge in [-0.2, -0.15) is 0 Å². The maximum atomic E-state index is 6.14. The fourth-order valence-electron chi connectivity index (χ4n) is 1.40. The summed E-state index contributed by atoms with van der Waals surface area (Å²) >= 11 is 0. The highest BCUT2D eigenvalue weighted by atomic mass is 28.3. The summed E-state index contributed by atoms with van der Waals surface area (Å²) in [6.07, 6.45) is 0. The lowest BCUT2D eigenvalue weighted by Crippen LogP contribution is -2.51. The zero-order chi connectivity index (χ0) is 13.7. The third kappa shape index (κ3) is 6.71. The average molecular weight is 279 g/mol. The van der Waals surface area contributed by atoms with Crippen LogP contribution in [0.4, 0.5) is 0 Å². The third-order valence-electron chi connectivity index (χ3n) is 2.30. The van der Waals surface area contributed by atoms with Crippen LogP contribution < -0.4 is 0 Å². The molecule has 0 radical (unpaired) electrons. The molecule has 2 unspecified atom stereocenters. The Labute approximate surface area is 109 Å². The van der Waals surface area contributed by atoms with Crippen LogP contribution in [0, 0.1) is 0 Å². The van der Waals surface area contributed by atoms with Gasteiger partial charge in [-0.1, -0.05) is 39.3 Å². The second kappa shape index (κ2) is 7.04. The molecule has 0 aliphatic heterocycles. The van der Waals surface area contributed by atoms with Crippen molar-refractivity contribution in [3.8, 4) is 0 Å². The Morgan fingerprint density at radius 3 is 1.18 bits per heavy atom. The van der Waals surface area contributed by atoms with E-state index in [0.717, 1.165) is 0 Å². The molecule has 0 aromatic heterocycles. The molecule has 0 aromatic rings. The SMILES string of the molecule is CCOC(OC(OCC)[Si](C)(C)C)[Si](C)(C)C. The average Bonchev–Trinajstić information content (AvgIpc) is 2.12. The van der Waals surface area contributed by atoms with Gasteiger partial charge in [-0.25, -0.2) is 0 Å². The van der Waals surface area contributed by atoms with Crippen LogP contribution in [0.3, 0.4) is 0 Å². The molecule has 0 rings (SSSR count). The second-order valence-electron chi connectivity index (χ2n) is 6.44. The van der Waals surface area contributed by atoms with Crippen LogP contribution in [-0.4, -0.2) is 41.2 Å². The zero-order valence-corrected chi connectivity index (χ0v) is 14.8. The summed E-state index contributed by atoms with van der Waals surface area (Å²) in [6, 6.07) is 0. The van der Waals surface area contributed by atoms with E-state index in [1.54, 1.807) is 0 Å². The lowest BCUT2D eigenvalue weighted by molar-refractivity contribution is -0.184. The molecular formula is C12H30O3Si2. The largest absolute Gasteiger partial charge is 0.357 e. The Morgan fingerprint density at radius 1 is 0.706 bits per heavy atom. The fraction of sp³-hybridized carbons (Fsp3) is 1.00. The van der Waals surface area contributed by atoms with Gasteiger partial charge in [0.25, 0.3) is 0 Å². The monoisotopic (exact) mass is 278 g/mol. The fourth-order valence-corrected chi connectivity index (χ4v) is 3.93. The van der Waals surface area contributed by atoms with Gasteiger partial charge in [-0.15, -0.1) is 0 Å². The van der Waals surface area contributed by atoms with Gasteiger partial charge in [-0.05, 0) is 13.8 Å². The van der Waals surface area contributed by atoms with Crippen LogP contribution in [0.2, 0.25) is 39.3 Å². The van der Waals surface area contributed by atoms with E-state index in [2.05, 4.69) is 39.3 Å². The highest BCUT2D eigenvalue weighted by Crippen LogP contribution is 2.21. The molecule has 0 aliphatic rings. The number of ether oxygens (including phenoxy) is 3. The van der Waals surface area contributed by atoms with E-state index in [1.807, 2.05) is 13.8 Å². The smallest absolute Gasteiger partial charge is 0.143 e. The molecule has 0 bridgehead atoms. The van der Waals surface area contributed by atoms with Crippen molar-refractivity contribution < 1.29 is 14.2 Å². The van der Waals surface area contributed by atoms with Gasteiger partial charge in [0.1, 0.15) is 28.0 Å². The van der Waals surface area contributed by atoms with Gasteiger partial charge < -0.3 is 14.2 Å². The van der Waals surface area contributed by atoms with Crippen LogP contribution in [0.15, 0.2) is 0 Å². The summed E-state index contributed by atoms with van der Waals surface area (Å²) in [4.78, 5) is 0. The minimum Gasteiger partial charge on any atom is -0.357 e. The summed E-state index contributed by atoms with van der Waals surface area (Å²) in [5.41, 5.74) is 0. The van der Waals surface area contributed by atoms with Gasteiger partial charge in [0.2, 0.25) is 0 Å². The summed E-state index contributed by atoms with van der Waals surface area (Å²) in [5.74, 6) is -0.147. The topological polar surface area (TPSA) is 27.7 Å². The molecule has 17 heavy (non-hydrogen) atoms. The quantitative estimate of drug-likeness (QED) is 0.502. The van der Waals surface area contributed by atoms with Crippen molar-refractivity contribution in [3.05, 3.63) is 0 Å². The van der Waals surface area contributed by atoms with E-state index in [0.29, 0.717) is 13.2 Å². The predicted molar refractivity (Wildman–Crippen MR) is 78.6 cm³/mol. The molecule has 2 atom stereocenters. The summed E-state index contributed by atoms with van der Waals surface area (Å²) in [6.45, 7) is 19.0. The molecule has 0 amide bonds. The molecule has 5 heteroatoms. The molecular weight excluding hydrogens is 248 g/mol. The minimum atomic E-state index is -1.48. The lowest BCUT2D eigenvalue weighted by atomic mass is 10.9. The van der Waals surface area contributed by atoms with E-state index in [-0.39, 0.29) is 11.8 Å². The number of hydrogen-bond donors (Lipinski definition) is 0. The molecule has 104 valence electrons. The molecule has 0 aliphatic carbocycles. The van der Waals surface area contributed by atoms with Crippen LogP contribution in [-0.2, 0) is 14.2 Å². The Bertz CT molecular complexity index is 187. The molecule has 0 heterocycles. The highest BCUT2D eigenvalue weighted by molar-refractivity contribution is 6.78. The van der Waals surface area contributed by atoms with Crippen molar-refractivity contribution in [2.24, 2.45) is 0 Å². The van der Waals surface area contributed by atoms with Crippen molar-refractivity contribution in [1.82, 2.24) is 0 Å². The van der Waals surface area contributed by atoms with Gasteiger partial charge in [0.05, 0.1) is 0 Å². The van der Waals surface area contributed by atoms with E-state index in [1.165, 1.54) is 0 Å². The molecule has 3 nitrogen and oxygen atoms in total. The molecule has 0 saturated carbocycles. The molecule has 0 N–H and O–H groups in total. The van der Waals surface area contributed by atoms with Gasteiger partial charge in [0, 0.05) is 13.2 Å². The van der Waals surface area contributed by atoms with Gasteiger partial charge in [-0.3, -0.25) is 0 Å².